The van der Waals surface area contributed by atoms with E-state index in [2.05, 4.69) is 0 Å². The van der Waals surface area contributed by atoms with Gasteiger partial charge in [0.1, 0.15) is 5.69 Å². The summed E-state index contributed by atoms with van der Waals surface area (Å²) < 4.78 is 27.5. The van der Waals surface area contributed by atoms with Gasteiger partial charge in [-0.05, 0) is 30.4 Å². The number of carbonyl (C=O) groups excluding carboxylic acids is 1. The lowest BCUT2D eigenvalue weighted by molar-refractivity contribution is -0.384. The molecule has 28 heavy (non-hydrogen) atoms. The zero-order valence-corrected chi connectivity index (χ0v) is 17.8. The molecular formula is C18H28N4O5S. The first-order chi connectivity index (χ1) is 12.9. The van der Waals surface area contributed by atoms with Crippen molar-refractivity contribution in [1.82, 2.24) is 9.21 Å². The first kappa shape index (κ1) is 22.1. The second kappa shape index (κ2) is 8.44. The maximum Gasteiger partial charge on any atom is 0.293 e. The van der Waals surface area contributed by atoms with Crippen molar-refractivity contribution >= 4 is 27.3 Å². The summed E-state index contributed by atoms with van der Waals surface area (Å²) in [6, 6.07) is 3.86. The van der Waals surface area contributed by atoms with Gasteiger partial charge in [0.15, 0.2) is 0 Å². The van der Waals surface area contributed by atoms with Crippen LogP contribution < -0.4 is 4.90 Å². The van der Waals surface area contributed by atoms with Crippen molar-refractivity contribution in [3.05, 3.63) is 28.3 Å². The number of nitrogens with zero attached hydrogens (tertiary/aromatic N) is 4. The third-order valence-electron chi connectivity index (χ3n) is 4.90. The number of rotatable bonds is 6. The number of amides is 1. The van der Waals surface area contributed by atoms with E-state index >= 15 is 0 Å². The smallest absolute Gasteiger partial charge is 0.293 e. The highest BCUT2D eigenvalue weighted by atomic mass is 32.2. The van der Waals surface area contributed by atoms with E-state index in [0.717, 1.165) is 12.5 Å². The predicted molar refractivity (Wildman–Crippen MR) is 107 cm³/mol. The van der Waals surface area contributed by atoms with Crippen LogP contribution in [0.3, 0.4) is 0 Å². The van der Waals surface area contributed by atoms with E-state index < -0.39 is 14.9 Å². The minimum atomic E-state index is -3.83. The Kier molecular flexibility index (Phi) is 6.66. The molecule has 0 spiro atoms. The molecule has 0 radical (unpaired) electrons. The summed E-state index contributed by atoms with van der Waals surface area (Å²) in [5.41, 5.74) is -0.146. The second-order valence-electron chi connectivity index (χ2n) is 7.82. The SMILES string of the molecule is C[C@H]1C[C@H](C)CN(S(=O)(=O)c2ccc(N(C)CC(=O)N(C)C)c([N+](=O)[O-])c2)C1. The summed E-state index contributed by atoms with van der Waals surface area (Å²) in [5, 5.41) is 11.6. The molecule has 1 saturated heterocycles. The van der Waals surface area contributed by atoms with Crippen LogP contribution in [0.2, 0.25) is 0 Å². The molecule has 9 nitrogen and oxygen atoms in total. The largest absolute Gasteiger partial charge is 0.360 e. The van der Waals surface area contributed by atoms with Gasteiger partial charge in [-0.25, -0.2) is 8.42 Å². The van der Waals surface area contributed by atoms with Crippen LogP contribution >= 0.6 is 0 Å². The van der Waals surface area contributed by atoms with E-state index in [-0.39, 0.29) is 40.6 Å². The number of likely N-dealkylation sites (N-methyl/N-ethyl adjacent to an activating group) is 2. The molecule has 1 fully saturated rings. The molecule has 156 valence electrons. The van der Waals surface area contributed by atoms with Crippen molar-refractivity contribution < 1.29 is 18.1 Å². The molecule has 1 aromatic rings. The summed E-state index contributed by atoms with van der Waals surface area (Å²) in [7, 11) is 0.930. The Balaban J connectivity index is 2.38. The van der Waals surface area contributed by atoms with Crippen molar-refractivity contribution in [2.24, 2.45) is 11.8 Å². The number of nitro benzene ring substituents is 1. The van der Waals surface area contributed by atoms with Gasteiger partial charge < -0.3 is 9.80 Å². The zero-order chi connectivity index (χ0) is 21.2. The summed E-state index contributed by atoms with van der Waals surface area (Å²) in [6.45, 7) is 4.75. The van der Waals surface area contributed by atoms with Crippen LogP contribution in [0.4, 0.5) is 11.4 Å². The van der Waals surface area contributed by atoms with Crippen LogP contribution in [0.25, 0.3) is 0 Å². The molecule has 0 N–H and O–H groups in total. The number of carbonyl (C=O) groups is 1. The molecule has 0 aromatic heterocycles. The van der Waals surface area contributed by atoms with Crippen molar-refractivity contribution in [3.8, 4) is 0 Å². The van der Waals surface area contributed by atoms with E-state index in [4.69, 9.17) is 0 Å². The Bertz CT molecular complexity index is 846. The van der Waals surface area contributed by atoms with Crippen LogP contribution in [-0.2, 0) is 14.8 Å². The zero-order valence-electron chi connectivity index (χ0n) is 17.0. The van der Waals surface area contributed by atoms with Gasteiger partial charge in [0.25, 0.3) is 5.69 Å². The highest BCUT2D eigenvalue weighted by Gasteiger charge is 2.33. The van der Waals surface area contributed by atoms with Crippen molar-refractivity contribution in [3.63, 3.8) is 0 Å². The van der Waals surface area contributed by atoms with Crippen molar-refractivity contribution in [2.45, 2.75) is 25.2 Å². The molecule has 2 rings (SSSR count). The molecule has 1 aliphatic heterocycles. The Hall–Kier alpha value is -2.20. The third kappa shape index (κ3) is 4.79. The highest BCUT2D eigenvalue weighted by Crippen LogP contribution is 2.33. The maximum atomic E-state index is 13.0. The van der Waals surface area contributed by atoms with Gasteiger partial charge >= 0.3 is 0 Å². The Morgan fingerprint density at radius 2 is 1.79 bits per heavy atom. The molecule has 1 heterocycles. The number of hydrogen-bond donors (Lipinski definition) is 0. The Labute approximate surface area is 166 Å². The molecule has 1 aliphatic rings. The number of piperidine rings is 1. The summed E-state index contributed by atoms with van der Waals surface area (Å²) in [4.78, 5) is 25.6. The predicted octanol–water partition coefficient (Wildman–Crippen LogP) is 1.79. The summed E-state index contributed by atoms with van der Waals surface area (Å²) >= 11 is 0. The van der Waals surface area contributed by atoms with Crippen LogP contribution in [0, 0.1) is 22.0 Å². The third-order valence-corrected chi connectivity index (χ3v) is 6.73. The van der Waals surface area contributed by atoms with Crippen LogP contribution in [-0.4, -0.2) is 69.2 Å². The monoisotopic (exact) mass is 412 g/mol. The van der Waals surface area contributed by atoms with Gasteiger partial charge in [0.05, 0.1) is 16.4 Å². The minimum Gasteiger partial charge on any atom is -0.360 e. The molecule has 2 atom stereocenters. The lowest BCUT2D eigenvalue weighted by atomic mass is 9.94. The first-order valence-electron chi connectivity index (χ1n) is 9.13. The Morgan fingerprint density at radius 3 is 2.29 bits per heavy atom. The lowest BCUT2D eigenvalue weighted by Crippen LogP contribution is -2.42. The van der Waals surface area contributed by atoms with E-state index in [0.29, 0.717) is 13.1 Å². The fourth-order valence-corrected chi connectivity index (χ4v) is 5.21. The average Bonchev–Trinajstić information content (AvgIpc) is 2.60. The van der Waals surface area contributed by atoms with Crippen LogP contribution in [0.1, 0.15) is 20.3 Å². The number of nitro groups is 1. The van der Waals surface area contributed by atoms with Crippen molar-refractivity contribution in [1.29, 1.82) is 0 Å². The van der Waals surface area contributed by atoms with Gasteiger partial charge in [0.2, 0.25) is 15.9 Å². The normalized spacial score (nSPS) is 20.6. The first-order valence-corrected chi connectivity index (χ1v) is 10.6. The molecular weight excluding hydrogens is 384 g/mol. The number of anilines is 1. The number of hydrogen-bond acceptors (Lipinski definition) is 6. The molecule has 0 saturated carbocycles. The Morgan fingerprint density at radius 1 is 1.21 bits per heavy atom. The fourth-order valence-electron chi connectivity index (χ4n) is 3.51. The van der Waals surface area contributed by atoms with E-state index in [1.54, 1.807) is 21.1 Å². The van der Waals surface area contributed by atoms with Crippen LogP contribution in [0.15, 0.2) is 23.1 Å². The topological polar surface area (TPSA) is 104 Å². The van der Waals surface area contributed by atoms with Gasteiger partial charge in [-0.3, -0.25) is 14.9 Å². The van der Waals surface area contributed by atoms with E-state index in [1.165, 1.54) is 26.2 Å². The number of benzene rings is 1. The maximum absolute atomic E-state index is 13.0. The van der Waals surface area contributed by atoms with Gasteiger partial charge in [-0.15, -0.1) is 0 Å². The summed E-state index contributed by atoms with van der Waals surface area (Å²) in [5.74, 6) is 0.247. The lowest BCUT2D eigenvalue weighted by Gasteiger charge is -2.34. The molecule has 10 heteroatoms. The van der Waals surface area contributed by atoms with Gasteiger partial charge in [-0.1, -0.05) is 13.8 Å². The second-order valence-corrected chi connectivity index (χ2v) is 9.76. The highest BCUT2D eigenvalue weighted by molar-refractivity contribution is 7.89. The van der Waals surface area contributed by atoms with Crippen LogP contribution in [0.5, 0.6) is 0 Å². The average molecular weight is 413 g/mol. The molecule has 1 amide bonds. The van der Waals surface area contributed by atoms with Gasteiger partial charge in [0, 0.05) is 40.3 Å². The molecule has 0 bridgehead atoms. The molecule has 0 unspecified atom stereocenters. The van der Waals surface area contributed by atoms with E-state index in [9.17, 15) is 23.3 Å². The number of sulfonamides is 1. The standard InChI is InChI=1S/C18H28N4O5S/c1-13-8-14(2)11-21(10-13)28(26,27)15-6-7-16(17(9-15)22(24)25)20(5)12-18(23)19(3)4/h6-7,9,13-14H,8,10-12H2,1-5H3/t13-,14-/m0/s1. The quantitative estimate of drug-likeness (QED) is 0.521. The molecule has 0 aliphatic carbocycles. The fraction of sp³-hybridized carbons (Fsp3) is 0.611. The minimum absolute atomic E-state index is 0.0545. The van der Waals surface area contributed by atoms with Gasteiger partial charge in [-0.2, -0.15) is 4.31 Å². The van der Waals surface area contributed by atoms with Crippen molar-refractivity contribution in [2.75, 3.05) is 45.7 Å². The molecule has 1 aromatic carbocycles. The summed E-state index contributed by atoms with van der Waals surface area (Å²) in [6.07, 6.45) is 0.954. The van der Waals surface area contributed by atoms with E-state index in [1.807, 2.05) is 13.8 Å².